The maximum Gasteiger partial charge on any atom is 0.242 e. The highest BCUT2D eigenvalue weighted by Crippen LogP contribution is 2.31. The van der Waals surface area contributed by atoms with Gasteiger partial charge in [-0.15, -0.1) is 11.3 Å². The number of sulfonamides is 1. The third kappa shape index (κ3) is 3.82. The van der Waals surface area contributed by atoms with Gasteiger partial charge in [0.2, 0.25) is 10.0 Å². The van der Waals surface area contributed by atoms with E-state index in [-0.39, 0.29) is 6.04 Å². The van der Waals surface area contributed by atoms with E-state index in [1.165, 1.54) is 30.6 Å². The molecule has 0 saturated heterocycles. The van der Waals surface area contributed by atoms with E-state index in [4.69, 9.17) is 5.73 Å². The molecule has 1 unspecified atom stereocenters. The maximum absolute atomic E-state index is 12.5. The molecule has 0 radical (unpaired) electrons. The van der Waals surface area contributed by atoms with Crippen LogP contribution in [0.5, 0.6) is 0 Å². The maximum atomic E-state index is 12.5. The molecule has 0 aliphatic heterocycles. The Labute approximate surface area is 133 Å². The normalized spacial score (nSPS) is 19.1. The molecular weight excluding hydrogens is 360 g/mol. The smallest absolute Gasteiger partial charge is 0.242 e. The Morgan fingerprint density at radius 2 is 2.10 bits per heavy atom. The van der Waals surface area contributed by atoms with Gasteiger partial charge in [0.25, 0.3) is 0 Å². The minimum Gasteiger partial charge on any atom is -0.329 e. The summed E-state index contributed by atoms with van der Waals surface area (Å²) in [4.78, 5) is 1.16. The molecule has 0 bridgehead atoms. The summed E-state index contributed by atoms with van der Waals surface area (Å²) >= 11 is 4.77. The van der Waals surface area contributed by atoms with Crippen LogP contribution < -0.4 is 10.5 Å². The second kappa shape index (κ2) is 6.87. The monoisotopic (exact) mass is 380 g/mol. The van der Waals surface area contributed by atoms with E-state index in [9.17, 15) is 8.42 Å². The highest BCUT2D eigenvalue weighted by molar-refractivity contribution is 9.11. The van der Waals surface area contributed by atoms with Crippen molar-refractivity contribution in [3.8, 4) is 0 Å². The zero-order chi connectivity index (χ0) is 14.8. The molecule has 3 N–H and O–H groups in total. The largest absolute Gasteiger partial charge is 0.329 e. The first-order valence-electron chi connectivity index (χ1n) is 6.92. The Balaban J connectivity index is 2.15. The fraction of sp³-hybridized carbons (Fsp3) is 0.692. The Morgan fingerprint density at radius 1 is 1.45 bits per heavy atom. The summed E-state index contributed by atoms with van der Waals surface area (Å²) in [6, 6.07) is 1.51. The summed E-state index contributed by atoms with van der Waals surface area (Å²) in [5.41, 5.74) is 5.80. The molecule has 1 fully saturated rings. The van der Waals surface area contributed by atoms with Crippen LogP contribution in [-0.4, -0.2) is 21.0 Å². The predicted octanol–water partition coefficient (Wildman–Crippen LogP) is 3.00. The van der Waals surface area contributed by atoms with E-state index >= 15 is 0 Å². The standard InChI is InChI=1S/C13H21BrN2O2S2/c1-9-12(7-13(14)19-9)20(17,18)16-11(8-15)10-5-3-2-4-6-10/h7,10-11,16H,2-6,8,15H2,1H3. The Bertz CT molecular complexity index is 551. The van der Waals surface area contributed by atoms with E-state index < -0.39 is 10.0 Å². The summed E-state index contributed by atoms with van der Waals surface area (Å²) in [7, 11) is -3.48. The first-order chi connectivity index (χ1) is 9.44. The SMILES string of the molecule is Cc1sc(Br)cc1S(=O)(=O)NC(CN)C1CCCCC1. The lowest BCUT2D eigenvalue weighted by molar-refractivity contribution is 0.294. The van der Waals surface area contributed by atoms with Crippen molar-refractivity contribution in [2.24, 2.45) is 11.7 Å². The third-order valence-corrected chi connectivity index (χ3v) is 7.21. The average molecular weight is 381 g/mol. The molecule has 1 atom stereocenters. The number of thiophene rings is 1. The average Bonchev–Trinajstić information content (AvgIpc) is 2.77. The van der Waals surface area contributed by atoms with Gasteiger partial charge in [-0.1, -0.05) is 19.3 Å². The van der Waals surface area contributed by atoms with E-state index in [0.717, 1.165) is 21.5 Å². The molecule has 0 spiro atoms. The molecule has 1 aliphatic carbocycles. The number of nitrogens with two attached hydrogens (primary N) is 1. The van der Waals surface area contributed by atoms with Crippen LogP contribution >= 0.6 is 27.3 Å². The van der Waals surface area contributed by atoms with Gasteiger partial charge in [-0.05, 0) is 47.7 Å². The van der Waals surface area contributed by atoms with E-state index in [1.807, 2.05) is 6.92 Å². The summed E-state index contributed by atoms with van der Waals surface area (Å²) in [6.07, 6.45) is 5.72. The van der Waals surface area contributed by atoms with Gasteiger partial charge in [-0.2, -0.15) is 0 Å². The number of halogens is 1. The summed E-state index contributed by atoms with van der Waals surface area (Å²) in [5.74, 6) is 0.367. The number of aryl methyl sites for hydroxylation is 1. The second-order valence-electron chi connectivity index (χ2n) is 5.33. The molecule has 4 nitrogen and oxygen atoms in total. The van der Waals surface area contributed by atoms with Crippen LogP contribution in [0.4, 0.5) is 0 Å². The van der Waals surface area contributed by atoms with E-state index in [1.54, 1.807) is 6.07 Å². The highest BCUT2D eigenvalue weighted by atomic mass is 79.9. The van der Waals surface area contributed by atoms with Crippen LogP contribution in [0.2, 0.25) is 0 Å². The minimum absolute atomic E-state index is 0.154. The van der Waals surface area contributed by atoms with Crippen LogP contribution in [0, 0.1) is 12.8 Å². The molecular formula is C13H21BrN2O2S2. The number of hydrogen-bond donors (Lipinski definition) is 2. The van der Waals surface area contributed by atoms with Crippen LogP contribution in [0.15, 0.2) is 14.7 Å². The second-order valence-corrected chi connectivity index (χ2v) is 9.65. The lowest BCUT2D eigenvalue weighted by atomic mass is 9.84. The van der Waals surface area contributed by atoms with Crippen molar-refractivity contribution in [1.29, 1.82) is 0 Å². The van der Waals surface area contributed by atoms with Crippen molar-refractivity contribution >= 4 is 37.3 Å². The fourth-order valence-electron chi connectivity index (χ4n) is 2.83. The zero-order valence-corrected chi connectivity index (χ0v) is 14.8. The fourth-order valence-corrected chi connectivity index (χ4v) is 6.57. The van der Waals surface area contributed by atoms with Gasteiger partial charge in [-0.3, -0.25) is 0 Å². The van der Waals surface area contributed by atoms with Crippen molar-refractivity contribution in [2.45, 2.75) is 50.0 Å². The summed E-state index contributed by atoms with van der Waals surface area (Å²) in [6.45, 7) is 2.18. The molecule has 1 saturated carbocycles. The van der Waals surface area contributed by atoms with E-state index in [2.05, 4.69) is 20.7 Å². The molecule has 0 amide bonds. The van der Waals surface area contributed by atoms with Crippen LogP contribution in [-0.2, 0) is 10.0 Å². The van der Waals surface area contributed by atoms with Crippen molar-refractivity contribution < 1.29 is 8.42 Å². The molecule has 7 heteroatoms. The number of rotatable bonds is 5. The highest BCUT2D eigenvalue weighted by Gasteiger charge is 2.28. The molecule has 1 aliphatic rings. The van der Waals surface area contributed by atoms with Crippen molar-refractivity contribution in [1.82, 2.24) is 4.72 Å². The first-order valence-corrected chi connectivity index (χ1v) is 10.0. The van der Waals surface area contributed by atoms with Gasteiger partial charge < -0.3 is 5.73 Å². The topological polar surface area (TPSA) is 72.2 Å². The Kier molecular flexibility index (Phi) is 5.64. The molecule has 2 rings (SSSR count). The number of hydrogen-bond acceptors (Lipinski definition) is 4. The zero-order valence-electron chi connectivity index (χ0n) is 11.6. The van der Waals surface area contributed by atoms with Crippen LogP contribution in [0.1, 0.15) is 37.0 Å². The van der Waals surface area contributed by atoms with Crippen LogP contribution in [0.25, 0.3) is 0 Å². The van der Waals surface area contributed by atoms with Gasteiger partial charge in [0.1, 0.15) is 0 Å². The van der Waals surface area contributed by atoms with Crippen molar-refractivity contribution in [3.63, 3.8) is 0 Å². The lowest BCUT2D eigenvalue weighted by Crippen LogP contribution is -2.45. The molecule has 114 valence electrons. The Morgan fingerprint density at radius 3 is 2.60 bits per heavy atom. The van der Waals surface area contributed by atoms with Crippen molar-refractivity contribution in [2.75, 3.05) is 6.54 Å². The summed E-state index contributed by atoms with van der Waals surface area (Å²) < 4.78 is 28.6. The lowest BCUT2D eigenvalue weighted by Gasteiger charge is -2.29. The quantitative estimate of drug-likeness (QED) is 0.824. The van der Waals surface area contributed by atoms with Gasteiger partial charge in [0.15, 0.2) is 0 Å². The van der Waals surface area contributed by atoms with Crippen LogP contribution in [0.3, 0.4) is 0 Å². The number of nitrogens with one attached hydrogen (secondary N) is 1. The van der Waals surface area contributed by atoms with Gasteiger partial charge in [0, 0.05) is 17.5 Å². The molecule has 20 heavy (non-hydrogen) atoms. The summed E-state index contributed by atoms with van der Waals surface area (Å²) in [5, 5.41) is 0. The molecule has 1 aromatic heterocycles. The van der Waals surface area contributed by atoms with Gasteiger partial charge in [-0.25, -0.2) is 13.1 Å². The van der Waals surface area contributed by atoms with Gasteiger partial charge >= 0.3 is 0 Å². The molecule has 1 heterocycles. The first kappa shape index (κ1) is 16.4. The Hall–Kier alpha value is 0.0500. The minimum atomic E-state index is -3.48. The van der Waals surface area contributed by atoms with Crippen molar-refractivity contribution in [3.05, 3.63) is 14.7 Å². The predicted molar refractivity (Wildman–Crippen MR) is 86.5 cm³/mol. The van der Waals surface area contributed by atoms with Gasteiger partial charge in [0.05, 0.1) is 8.68 Å². The third-order valence-electron chi connectivity index (χ3n) is 3.91. The molecule has 0 aromatic carbocycles. The molecule has 1 aromatic rings. The van der Waals surface area contributed by atoms with E-state index in [0.29, 0.717) is 17.4 Å².